The molecular weight excluding hydrogens is 222 g/mol. The second-order valence-electron chi connectivity index (χ2n) is 4.24. The maximum atomic E-state index is 8.64. The highest BCUT2D eigenvalue weighted by Crippen LogP contribution is 2.29. The van der Waals surface area contributed by atoms with E-state index in [0.29, 0.717) is 0 Å². The van der Waals surface area contributed by atoms with Crippen molar-refractivity contribution in [2.45, 2.75) is 18.9 Å². The van der Waals surface area contributed by atoms with E-state index in [2.05, 4.69) is 34.3 Å². The third kappa shape index (κ3) is 2.70. The topological polar surface area (TPSA) is 48.8 Å². The van der Waals surface area contributed by atoms with Gasteiger partial charge in [-0.15, -0.1) is 0 Å². The molecule has 1 atom stereocenters. The molecular formula is C15H15N3. The van der Waals surface area contributed by atoms with E-state index in [9.17, 15) is 0 Å². The van der Waals surface area contributed by atoms with Gasteiger partial charge in [-0.25, -0.2) is 0 Å². The molecule has 90 valence electrons. The van der Waals surface area contributed by atoms with Gasteiger partial charge in [0.2, 0.25) is 0 Å². The van der Waals surface area contributed by atoms with E-state index in [1.54, 1.807) is 0 Å². The number of azide groups is 1. The van der Waals surface area contributed by atoms with Crippen LogP contribution in [0.1, 0.15) is 24.0 Å². The van der Waals surface area contributed by atoms with Gasteiger partial charge in [0.25, 0.3) is 0 Å². The monoisotopic (exact) mass is 237 g/mol. The SMILES string of the molecule is C[C@@H](N=[N+]=[N-])C(c1ccccc1)c1ccccc1. The average molecular weight is 237 g/mol. The molecule has 0 spiro atoms. The fraction of sp³-hybridized carbons (Fsp3) is 0.200. The van der Waals surface area contributed by atoms with Gasteiger partial charge in [-0.1, -0.05) is 72.7 Å². The van der Waals surface area contributed by atoms with Crippen LogP contribution in [-0.4, -0.2) is 6.04 Å². The molecule has 0 aliphatic carbocycles. The molecule has 0 saturated carbocycles. The zero-order valence-corrected chi connectivity index (χ0v) is 10.3. The molecule has 2 rings (SSSR count). The summed E-state index contributed by atoms with van der Waals surface area (Å²) in [6.07, 6.45) is 0. The lowest BCUT2D eigenvalue weighted by Gasteiger charge is -2.21. The van der Waals surface area contributed by atoms with E-state index in [-0.39, 0.29) is 12.0 Å². The van der Waals surface area contributed by atoms with Crippen molar-refractivity contribution in [3.05, 3.63) is 82.2 Å². The zero-order valence-electron chi connectivity index (χ0n) is 10.3. The van der Waals surface area contributed by atoms with Gasteiger partial charge >= 0.3 is 0 Å². The van der Waals surface area contributed by atoms with Gasteiger partial charge in [0, 0.05) is 16.9 Å². The van der Waals surface area contributed by atoms with Gasteiger partial charge in [-0.3, -0.25) is 0 Å². The number of hydrogen-bond donors (Lipinski definition) is 0. The van der Waals surface area contributed by atoms with E-state index >= 15 is 0 Å². The Kier molecular flexibility index (Phi) is 4.00. The van der Waals surface area contributed by atoms with Crippen molar-refractivity contribution in [3.8, 4) is 0 Å². The maximum absolute atomic E-state index is 8.64. The predicted octanol–water partition coefficient (Wildman–Crippen LogP) is 4.52. The summed E-state index contributed by atoms with van der Waals surface area (Å²) in [4.78, 5) is 2.93. The Morgan fingerprint density at radius 2 is 1.33 bits per heavy atom. The summed E-state index contributed by atoms with van der Waals surface area (Å²) in [5.74, 6) is 0.100. The third-order valence-electron chi connectivity index (χ3n) is 3.03. The Morgan fingerprint density at radius 1 is 0.889 bits per heavy atom. The van der Waals surface area contributed by atoms with Gasteiger partial charge in [0.05, 0.1) is 0 Å². The third-order valence-corrected chi connectivity index (χ3v) is 3.03. The van der Waals surface area contributed by atoms with E-state index in [1.807, 2.05) is 43.3 Å². The Bertz CT molecular complexity index is 491. The van der Waals surface area contributed by atoms with Gasteiger partial charge in [-0.05, 0) is 16.7 Å². The van der Waals surface area contributed by atoms with Crippen molar-refractivity contribution in [2.75, 3.05) is 0 Å². The number of hydrogen-bond acceptors (Lipinski definition) is 1. The highest BCUT2D eigenvalue weighted by Gasteiger charge is 2.19. The Morgan fingerprint density at radius 3 is 1.72 bits per heavy atom. The molecule has 0 aliphatic heterocycles. The highest BCUT2D eigenvalue weighted by atomic mass is 15.1. The first-order chi connectivity index (χ1) is 8.83. The molecule has 3 nitrogen and oxygen atoms in total. The van der Waals surface area contributed by atoms with Gasteiger partial charge in [-0.2, -0.15) is 0 Å². The standard InChI is InChI=1S/C15H15N3/c1-12(17-18-16)15(13-8-4-2-5-9-13)14-10-6-3-7-11-14/h2-12,15H,1H3/t12-/m1/s1. The molecule has 0 unspecified atom stereocenters. The van der Waals surface area contributed by atoms with Crippen LogP contribution in [0.25, 0.3) is 10.4 Å². The van der Waals surface area contributed by atoms with Gasteiger partial charge in [0.1, 0.15) is 0 Å². The van der Waals surface area contributed by atoms with Crippen LogP contribution in [0.5, 0.6) is 0 Å². The molecule has 0 bridgehead atoms. The van der Waals surface area contributed by atoms with Crippen LogP contribution in [0.15, 0.2) is 65.8 Å². The lowest BCUT2D eigenvalue weighted by molar-refractivity contribution is 0.641. The zero-order chi connectivity index (χ0) is 12.8. The van der Waals surface area contributed by atoms with Crippen molar-refractivity contribution in [1.82, 2.24) is 0 Å². The highest BCUT2D eigenvalue weighted by molar-refractivity contribution is 5.34. The second-order valence-corrected chi connectivity index (χ2v) is 4.24. The largest absolute Gasteiger partial charge is 0.0899 e. The Hall–Kier alpha value is -2.25. The summed E-state index contributed by atoms with van der Waals surface area (Å²) in [6, 6.07) is 20.2. The fourth-order valence-electron chi connectivity index (χ4n) is 2.22. The molecule has 0 saturated heterocycles. The molecule has 0 amide bonds. The summed E-state index contributed by atoms with van der Waals surface area (Å²) < 4.78 is 0. The predicted molar refractivity (Wildman–Crippen MR) is 73.3 cm³/mol. The number of nitrogens with zero attached hydrogens (tertiary/aromatic N) is 3. The van der Waals surface area contributed by atoms with Gasteiger partial charge < -0.3 is 0 Å². The normalized spacial score (nSPS) is 11.9. The molecule has 2 aromatic carbocycles. The number of rotatable bonds is 4. The second kappa shape index (κ2) is 5.89. The molecule has 3 heteroatoms. The first-order valence-corrected chi connectivity index (χ1v) is 5.97. The first kappa shape index (κ1) is 12.2. The minimum absolute atomic E-state index is 0.100. The molecule has 0 radical (unpaired) electrons. The van der Waals surface area contributed by atoms with Crippen LogP contribution >= 0.6 is 0 Å². The molecule has 0 N–H and O–H groups in total. The average Bonchev–Trinajstić information content (AvgIpc) is 2.42. The van der Waals surface area contributed by atoms with Crippen LogP contribution in [0.4, 0.5) is 0 Å². The quantitative estimate of drug-likeness (QED) is 0.426. The Labute approximate surface area is 107 Å². The summed E-state index contributed by atoms with van der Waals surface area (Å²) in [5, 5.41) is 3.86. The van der Waals surface area contributed by atoms with Crippen molar-refractivity contribution in [2.24, 2.45) is 5.11 Å². The summed E-state index contributed by atoms with van der Waals surface area (Å²) in [7, 11) is 0. The van der Waals surface area contributed by atoms with E-state index in [1.165, 1.54) is 11.1 Å². The number of benzene rings is 2. The fourth-order valence-corrected chi connectivity index (χ4v) is 2.22. The van der Waals surface area contributed by atoms with Gasteiger partial charge in [0.15, 0.2) is 0 Å². The first-order valence-electron chi connectivity index (χ1n) is 5.97. The van der Waals surface area contributed by atoms with Crippen LogP contribution in [0, 0.1) is 0 Å². The van der Waals surface area contributed by atoms with Crippen molar-refractivity contribution in [3.63, 3.8) is 0 Å². The van der Waals surface area contributed by atoms with Crippen molar-refractivity contribution < 1.29 is 0 Å². The molecule has 2 aromatic rings. The molecule has 18 heavy (non-hydrogen) atoms. The van der Waals surface area contributed by atoms with Crippen molar-refractivity contribution in [1.29, 1.82) is 0 Å². The minimum atomic E-state index is -0.111. The summed E-state index contributed by atoms with van der Waals surface area (Å²) in [5.41, 5.74) is 11.0. The van der Waals surface area contributed by atoms with Crippen LogP contribution in [-0.2, 0) is 0 Å². The van der Waals surface area contributed by atoms with Crippen LogP contribution in [0.3, 0.4) is 0 Å². The lowest BCUT2D eigenvalue weighted by atomic mass is 9.86. The Balaban J connectivity index is 2.44. The molecule has 0 heterocycles. The molecule has 0 aromatic heterocycles. The molecule has 0 aliphatic rings. The summed E-state index contributed by atoms with van der Waals surface area (Å²) >= 11 is 0. The van der Waals surface area contributed by atoms with Crippen molar-refractivity contribution >= 4 is 0 Å². The van der Waals surface area contributed by atoms with E-state index in [4.69, 9.17) is 5.53 Å². The maximum Gasteiger partial charge on any atom is 0.0455 e. The van der Waals surface area contributed by atoms with Crippen LogP contribution in [0.2, 0.25) is 0 Å². The lowest BCUT2D eigenvalue weighted by Crippen LogP contribution is -2.14. The van der Waals surface area contributed by atoms with Crippen LogP contribution < -0.4 is 0 Å². The molecule has 0 fully saturated rings. The minimum Gasteiger partial charge on any atom is -0.0899 e. The van der Waals surface area contributed by atoms with E-state index < -0.39 is 0 Å². The summed E-state index contributed by atoms with van der Waals surface area (Å²) in [6.45, 7) is 1.95. The van der Waals surface area contributed by atoms with E-state index in [0.717, 1.165) is 0 Å². The smallest absolute Gasteiger partial charge is 0.0455 e.